The van der Waals surface area contributed by atoms with Gasteiger partial charge in [0.05, 0.1) is 18.6 Å². The van der Waals surface area contributed by atoms with Gasteiger partial charge in [-0.3, -0.25) is 4.79 Å². The van der Waals surface area contributed by atoms with Crippen LogP contribution in [0.2, 0.25) is 0 Å². The predicted molar refractivity (Wildman–Crippen MR) is 78.2 cm³/mol. The molecule has 1 aromatic carbocycles. The van der Waals surface area contributed by atoms with E-state index < -0.39 is 0 Å². The molecule has 0 fully saturated rings. The van der Waals surface area contributed by atoms with E-state index in [0.717, 1.165) is 15.7 Å². The molecule has 4 nitrogen and oxygen atoms in total. The number of hydrogen-bond donors (Lipinski definition) is 0. The van der Waals surface area contributed by atoms with E-state index in [-0.39, 0.29) is 24.4 Å². The van der Waals surface area contributed by atoms with Crippen molar-refractivity contribution in [1.29, 1.82) is 0 Å². The number of imidazole rings is 1. The molecule has 1 unspecified atom stereocenters. The number of rotatable bonds is 1. The van der Waals surface area contributed by atoms with E-state index in [1.807, 2.05) is 42.1 Å². The van der Waals surface area contributed by atoms with Gasteiger partial charge in [-0.05, 0) is 17.7 Å². The maximum Gasteiger partial charge on any atom is 0.250 e. The van der Waals surface area contributed by atoms with Crippen LogP contribution in [0.25, 0.3) is 0 Å². The van der Waals surface area contributed by atoms with Gasteiger partial charge in [-0.15, -0.1) is 12.4 Å². The standard InChI is InChI=1S/C13H12BrN3O.ClH/c1-16-7-11-6-15-8-17(11)12(13(16)18)9-3-2-4-10(14)5-9;/h2-6,8,12H,7H2,1H3;1H. The summed E-state index contributed by atoms with van der Waals surface area (Å²) in [5.41, 5.74) is 2.03. The number of carbonyl (C=O) groups excluding carboxylic acids is 1. The molecule has 3 rings (SSSR count). The average Bonchev–Trinajstić information content (AvgIpc) is 2.78. The zero-order valence-corrected chi connectivity index (χ0v) is 12.7. The topological polar surface area (TPSA) is 38.1 Å². The number of nitrogens with zero attached hydrogens (tertiary/aromatic N) is 3. The number of benzene rings is 1. The first-order valence-electron chi connectivity index (χ1n) is 5.68. The predicted octanol–water partition coefficient (Wildman–Crippen LogP) is 2.63. The summed E-state index contributed by atoms with van der Waals surface area (Å²) in [6.45, 7) is 0.614. The molecule has 6 heteroatoms. The van der Waals surface area contributed by atoms with Crippen LogP contribution >= 0.6 is 28.3 Å². The fraction of sp³-hybridized carbons (Fsp3) is 0.231. The lowest BCUT2D eigenvalue weighted by Crippen LogP contribution is -2.40. The van der Waals surface area contributed by atoms with Crippen LogP contribution < -0.4 is 0 Å². The van der Waals surface area contributed by atoms with Crippen LogP contribution in [0.3, 0.4) is 0 Å². The molecule has 1 aromatic heterocycles. The van der Waals surface area contributed by atoms with E-state index >= 15 is 0 Å². The van der Waals surface area contributed by atoms with Crippen LogP contribution in [0.5, 0.6) is 0 Å². The largest absolute Gasteiger partial charge is 0.338 e. The molecule has 0 N–H and O–H groups in total. The van der Waals surface area contributed by atoms with Crippen LogP contribution in [0, 0.1) is 0 Å². The van der Waals surface area contributed by atoms with Crippen LogP contribution in [0.1, 0.15) is 17.3 Å². The van der Waals surface area contributed by atoms with Gasteiger partial charge in [-0.2, -0.15) is 0 Å². The second-order valence-electron chi connectivity index (χ2n) is 4.44. The molecule has 0 spiro atoms. The third-order valence-electron chi connectivity index (χ3n) is 3.20. The molecule has 0 radical (unpaired) electrons. The Balaban J connectivity index is 0.00000133. The summed E-state index contributed by atoms with van der Waals surface area (Å²) < 4.78 is 2.92. The van der Waals surface area contributed by atoms with Crippen molar-refractivity contribution in [2.24, 2.45) is 0 Å². The van der Waals surface area contributed by atoms with Gasteiger partial charge in [0.1, 0.15) is 6.04 Å². The Morgan fingerprint density at radius 2 is 2.21 bits per heavy atom. The van der Waals surface area contributed by atoms with Gasteiger partial charge >= 0.3 is 0 Å². The van der Waals surface area contributed by atoms with E-state index in [1.165, 1.54) is 0 Å². The average molecular weight is 343 g/mol. The van der Waals surface area contributed by atoms with Crippen molar-refractivity contribution in [3.63, 3.8) is 0 Å². The van der Waals surface area contributed by atoms with Crippen LogP contribution in [0.4, 0.5) is 0 Å². The van der Waals surface area contributed by atoms with Crippen molar-refractivity contribution in [2.75, 3.05) is 7.05 Å². The number of hydrogen-bond acceptors (Lipinski definition) is 2. The molecule has 1 aliphatic rings. The highest BCUT2D eigenvalue weighted by Crippen LogP contribution is 2.28. The minimum atomic E-state index is -0.307. The fourth-order valence-corrected chi connectivity index (χ4v) is 2.73. The van der Waals surface area contributed by atoms with E-state index in [1.54, 1.807) is 11.2 Å². The highest BCUT2D eigenvalue weighted by atomic mass is 79.9. The lowest BCUT2D eigenvalue weighted by molar-refractivity contribution is -0.134. The minimum Gasteiger partial charge on any atom is -0.338 e. The molecule has 2 heterocycles. The van der Waals surface area contributed by atoms with Crippen LogP contribution in [-0.4, -0.2) is 27.4 Å². The minimum absolute atomic E-state index is 0. The van der Waals surface area contributed by atoms with Crippen molar-refractivity contribution in [2.45, 2.75) is 12.6 Å². The lowest BCUT2D eigenvalue weighted by atomic mass is 10.0. The molecule has 1 aliphatic heterocycles. The molecular weight excluding hydrogens is 330 g/mol. The molecule has 1 atom stereocenters. The third-order valence-corrected chi connectivity index (χ3v) is 3.69. The molecule has 0 saturated heterocycles. The highest BCUT2D eigenvalue weighted by Gasteiger charge is 2.31. The zero-order valence-electron chi connectivity index (χ0n) is 10.3. The maximum atomic E-state index is 12.4. The SMILES string of the molecule is CN1Cc2cncn2C(c2cccc(Br)c2)C1=O.Cl. The van der Waals surface area contributed by atoms with Gasteiger partial charge in [0.2, 0.25) is 5.91 Å². The van der Waals surface area contributed by atoms with Crippen LogP contribution in [-0.2, 0) is 11.3 Å². The quantitative estimate of drug-likeness (QED) is 0.799. The second kappa shape index (κ2) is 5.35. The molecule has 19 heavy (non-hydrogen) atoms. The Kier molecular flexibility index (Phi) is 3.96. The van der Waals surface area contributed by atoms with Gasteiger partial charge in [0.25, 0.3) is 0 Å². The molecule has 0 saturated carbocycles. The third kappa shape index (κ3) is 2.40. The van der Waals surface area contributed by atoms with Crippen molar-refractivity contribution < 1.29 is 4.79 Å². The van der Waals surface area contributed by atoms with Crippen molar-refractivity contribution in [3.05, 3.63) is 52.5 Å². The zero-order chi connectivity index (χ0) is 12.7. The summed E-state index contributed by atoms with van der Waals surface area (Å²) in [7, 11) is 1.82. The van der Waals surface area contributed by atoms with E-state index in [9.17, 15) is 4.79 Å². The normalized spacial score (nSPS) is 17.9. The summed E-state index contributed by atoms with van der Waals surface area (Å²) in [6, 6.07) is 7.54. The van der Waals surface area contributed by atoms with Crippen LogP contribution in [0.15, 0.2) is 41.3 Å². The molecule has 0 bridgehead atoms. The van der Waals surface area contributed by atoms with E-state index in [4.69, 9.17) is 0 Å². The Hall–Kier alpha value is -1.33. The monoisotopic (exact) mass is 341 g/mol. The summed E-state index contributed by atoms with van der Waals surface area (Å²) in [5, 5.41) is 0. The molecule has 0 aliphatic carbocycles. The number of amides is 1. The molecule has 1 amide bonds. The van der Waals surface area contributed by atoms with Gasteiger partial charge in [-0.1, -0.05) is 28.1 Å². The van der Waals surface area contributed by atoms with Gasteiger partial charge < -0.3 is 9.47 Å². The van der Waals surface area contributed by atoms with Crippen molar-refractivity contribution >= 4 is 34.2 Å². The summed E-state index contributed by atoms with van der Waals surface area (Å²) in [6.07, 6.45) is 3.54. The Morgan fingerprint density at radius 3 is 2.95 bits per heavy atom. The molecule has 100 valence electrons. The second-order valence-corrected chi connectivity index (χ2v) is 5.36. The first-order valence-corrected chi connectivity index (χ1v) is 6.47. The summed E-state index contributed by atoms with van der Waals surface area (Å²) >= 11 is 3.44. The lowest BCUT2D eigenvalue weighted by Gasteiger charge is -2.31. The van der Waals surface area contributed by atoms with Gasteiger partial charge in [-0.25, -0.2) is 4.98 Å². The Labute approximate surface area is 126 Å². The van der Waals surface area contributed by atoms with Gasteiger partial charge in [0.15, 0.2) is 0 Å². The first-order chi connectivity index (χ1) is 8.66. The Bertz CT molecular complexity index is 613. The van der Waals surface area contributed by atoms with Crippen molar-refractivity contribution in [3.8, 4) is 0 Å². The number of halogens is 2. The smallest absolute Gasteiger partial charge is 0.250 e. The van der Waals surface area contributed by atoms with E-state index in [2.05, 4.69) is 20.9 Å². The van der Waals surface area contributed by atoms with E-state index in [0.29, 0.717) is 6.54 Å². The number of likely N-dealkylation sites (N-methyl/N-ethyl adjacent to an activating group) is 1. The number of fused-ring (bicyclic) bond motifs is 1. The van der Waals surface area contributed by atoms with Gasteiger partial charge in [0, 0.05) is 17.7 Å². The maximum absolute atomic E-state index is 12.4. The molecule has 2 aromatic rings. The summed E-state index contributed by atoms with van der Waals surface area (Å²) in [4.78, 5) is 18.2. The Morgan fingerprint density at radius 1 is 1.42 bits per heavy atom. The number of carbonyl (C=O) groups is 1. The van der Waals surface area contributed by atoms with Crippen molar-refractivity contribution in [1.82, 2.24) is 14.5 Å². The highest BCUT2D eigenvalue weighted by molar-refractivity contribution is 9.10. The number of aromatic nitrogens is 2. The molecular formula is C13H13BrClN3O. The fourth-order valence-electron chi connectivity index (χ4n) is 2.32. The summed E-state index contributed by atoms with van der Waals surface area (Å²) in [5.74, 6) is 0.0959. The first kappa shape index (κ1) is 14.1.